The molecule has 0 unspecified atom stereocenters. The summed E-state index contributed by atoms with van der Waals surface area (Å²) in [5, 5.41) is 11.5. The van der Waals surface area contributed by atoms with E-state index >= 15 is 0 Å². The first-order valence-electron chi connectivity index (χ1n) is 7.40. The molecule has 0 saturated carbocycles. The van der Waals surface area contributed by atoms with E-state index in [1.54, 1.807) is 50.4 Å². The number of non-ortho nitro benzene ring substituents is 1. The van der Waals surface area contributed by atoms with Gasteiger partial charge >= 0.3 is 0 Å². The van der Waals surface area contributed by atoms with Crippen LogP contribution in [-0.2, 0) is 0 Å². The van der Waals surface area contributed by atoms with E-state index in [2.05, 4.69) is 4.99 Å². The number of fused-ring (bicyclic) bond motifs is 1. The van der Waals surface area contributed by atoms with Crippen molar-refractivity contribution < 1.29 is 14.1 Å². The number of benzene rings is 2. The number of methoxy groups -OCH3 is 1. The van der Waals surface area contributed by atoms with Crippen molar-refractivity contribution >= 4 is 39.4 Å². The zero-order valence-corrected chi connectivity index (χ0v) is 14.4. The molecule has 0 spiro atoms. The fourth-order valence-electron chi connectivity index (χ4n) is 2.34. The van der Waals surface area contributed by atoms with Crippen LogP contribution in [0, 0.1) is 10.1 Å². The van der Waals surface area contributed by atoms with Crippen LogP contribution >= 0.6 is 12.2 Å². The molecule has 1 heterocycles. The number of thiocarbonyl (C=S) groups is 1. The average Bonchev–Trinajstić information content (AvgIpc) is 2.61. The van der Waals surface area contributed by atoms with Crippen molar-refractivity contribution in [1.29, 1.82) is 0 Å². The molecule has 1 aromatic heterocycles. The Morgan fingerprint density at radius 3 is 2.52 bits per heavy atom. The van der Waals surface area contributed by atoms with Crippen molar-refractivity contribution in [2.24, 2.45) is 4.99 Å². The monoisotopic (exact) mass is 354 g/mol. The van der Waals surface area contributed by atoms with Crippen LogP contribution in [0.1, 0.15) is 12.5 Å². The second-order valence-corrected chi connectivity index (χ2v) is 5.92. The van der Waals surface area contributed by atoms with E-state index in [0.29, 0.717) is 32.6 Å². The largest absolute Gasteiger partial charge is 0.497 e. The SMILES string of the molecule is COc1ccc(N=c2oc3ccc([N+](=O)[O-])cc3cc2C(C)=S)cc1. The molecule has 0 atom stereocenters. The highest BCUT2D eigenvalue weighted by Crippen LogP contribution is 2.22. The number of ether oxygens (including phenoxy) is 1. The molecule has 25 heavy (non-hydrogen) atoms. The summed E-state index contributed by atoms with van der Waals surface area (Å²) in [7, 11) is 1.59. The van der Waals surface area contributed by atoms with Gasteiger partial charge in [0.15, 0.2) is 0 Å². The van der Waals surface area contributed by atoms with Crippen molar-refractivity contribution in [2.45, 2.75) is 6.92 Å². The van der Waals surface area contributed by atoms with Crippen LogP contribution in [-0.4, -0.2) is 16.9 Å². The van der Waals surface area contributed by atoms with Crippen LogP contribution in [0.15, 0.2) is 57.9 Å². The second-order valence-electron chi connectivity index (χ2n) is 5.31. The Morgan fingerprint density at radius 1 is 1.20 bits per heavy atom. The Bertz CT molecular complexity index is 1040. The average molecular weight is 354 g/mol. The molecule has 0 aliphatic heterocycles. The van der Waals surface area contributed by atoms with Crippen molar-refractivity contribution in [1.82, 2.24) is 0 Å². The minimum Gasteiger partial charge on any atom is -0.497 e. The Kier molecular flexibility index (Phi) is 4.58. The normalized spacial score (nSPS) is 11.5. The van der Waals surface area contributed by atoms with E-state index in [-0.39, 0.29) is 5.69 Å². The fraction of sp³-hybridized carbons (Fsp3) is 0.111. The quantitative estimate of drug-likeness (QED) is 0.302. The van der Waals surface area contributed by atoms with Crippen LogP contribution in [0.5, 0.6) is 5.75 Å². The van der Waals surface area contributed by atoms with Gasteiger partial charge in [-0.15, -0.1) is 0 Å². The first-order valence-corrected chi connectivity index (χ1v) is 7.81. The summed E-state index contributed by atoms with van der Waals surface area (Å²) in [4.78, 5) is 15.6. The molecule has 126 valence electrons. The van der Waals surface area contributed by atoms with Gasteiger partial charge in [-0.1, -0.05) is 12.2 Å². The van der Waals surface area contributed by atoms with Crippen LogP contribution < -0.4 is 10.3 Å². The highest BCUT2D eigenvalue weighted by molar-refractivity contribution is 7.80. The topological polar surface area (TPSA) is 77.9 Å². The fourth-order valence-corrected chi connectivity index (χ4v) is 2.49. The third-order valence-electron chi connectivity index (χ3n) is 3.62. The molecule has 0 saturated heterocycles. The van der Waals surface area contributed by atoms with Crippen LogP contribution in [0.25, 0.3) is 11.0 Å². The van der Waals surface area contributed by atoms with Crippen LogP contribution in [0.2, 0.25) is 0 Å². The maximum Gasteiger partial charge on any atom is 0.270 e. The molecular formula is C18H14N2O4S. The number of hydrogen-bond donors (Lipinski definition) is 0. The lowest BCUT2D eigenvalue weighted by atomic mass is 10.1. The van der Waals surface area contributed by atoms with E-state index in [1.807, 2.05) is 0 Å². The first-order chi connectivity index (χ1) is 12.0. The van der Waals surface area contributed by atoms with Crippen LogP contribution in [0.4, 0.5) is 11.4 Å². The third-order valence-corrected chi connectivity index (χ3v) is 3.84. The standard InChI is InChI=1S/C18H14N2O4S/c1-11(25)16-10-12-9-14(20(21)22)5-8-17(12)24-18(16)19-13-3-6-15(23-2)7-4-13/h3-10H,1-2H3. The number of nitro groups is 1. The Hall–Kier alpha value is -3.06. The summed E-state index contributed by atoms with van der Waals surface area (Å²) >= 11 is 5.28. The van der Waals surface area contributed by atoms with Crippen LogP contribution in [0.3, 0.4) is 0 Å². The van der Waals surface area contributed by atoms with Crippen molar-refractivity contribution in [3.8, 4) is 5.75 Å². The summed E-state index contributed by atoms with van der Waals surface area (Å²) in [5.74, 6) is 0.730. The molecule has 0 amide bonds. The van der Waals surface area contributed by atoms with E-state index in [0.717, 1.165) is 5.75 Å². The molecular weight excluding hydrogens is 340 g/mol. The molecule has 0 radical (unpaired) electrons. The number of nitro benzene ring substituents is 1. The molecule has 0 aliphatic rings. The van der Waals surface area contributed by atoms with Gasteiger partial charge in [0.25, 0.3) is 5.69 Å². The minimum atomic E-state index is -0.445. The Balaban J connectivity index is 2.20. The highest BCUT2D eigenvalue weighted by atomic mass is 32.1. The number of nitrogens with zero attached hydrogens (tertiary/aromatic N) is 2. The summed E-state index contributed by atoms with van der Waals surface area (Å²) in [5.41, 5.74) is 2.16. The molecule has 0 aliphatic carbocycles. The van der Waals surface area contributed by atoms with E-state index in [1.165, 1.54) is 12.1 Å². The third kappa shape index (κ3) is 3.56. The van der Waals surface area contributed by atoms with Crippen molar-refractivity contribution in [3.63, 3.8) is 0 Å². The van der Waals surface area contributed by atoms with Gasteiger partial charge < -0.3 is 9.15 Å². The Morgan fingerprint density at radius 2 is 1.92 bits per heavy atom. The van der Waals surface area contributed by atoms with Gasteiger partial charge in [0.1, 0.15) is 11.3 Å². The van der Waals surface area contributed by atoms with Gasteiger partial charge in [0.05, 0.1) is 23.3 Å². The molecule has 3 aromatic rings. The maximum absolute atomic E-state index is 10.9. The highest BCUT2D eigenvalue weighted by Gasteiger charge is 2.11. The zero-order valence-electron chi connectivity index (χ0n) is 13.6. The van der Waals surface area contributed by atoms with Gasteiger partial charge in [-0.05, 0) is 43.3 Å². The molecule has 6 nitrogen and oxygen atoms in total. The van der Waals surface area contributed by atoms with Crippen molar-refractivity contribution in [2.75, 3.05) is 7.11 Å². The van der Waals surface area contributed by atoms with E-state index in [4.69, 9.17) is 21.4 Å². The van der Waals surface area contributed by atoms with E-state index < -0.39 is 4.92 Å². The first kappa shape index (κ1) is 16.8. The molecule has 0 bridgehead atoms. The molecule has 0 N–H and O–H groups in total. The lowest BCUT2D eigenvalue weighted by Gasteiger charge is -2.04. The van der Waals surface area contributed by atoms with Gasteiger partial charge in [-0.3, -0.25) is 10.1 Å². The molecule has 2 aromatic carbocycles. The molecule has 3 rings (SSSR count). The number of hydrogen-bond acceptors (Lipinski definition) is 6. The zero-order chi connectivity index (χ0) is 18.0. The smallest absolute Gasteiger partial charge is 0.270 e. The summed E-state index contributed by atoms with van der Waals surface area (Å²) in [6.45, 7) is 1.76. The lowest BCUT2D eigenvalue weighted by Crippen LogP contribution is -2.12. The van der Waals surface area contributed by atoms with Gasteiger partial charge in [-0.2, -0.15) is 0 Å². The van der Waals surface area contributed by atoms with Gasteiger partial charge in [0.2, 0.25) is 5.55 Å². The predicted molar refractivity (Wildman–Crippen MR) is 98.5 cm³/mol. The summed E-state index contributed by atoms with van der Waals surface area (Å²) in [6, 6.07) is 13.4. The number of rotatable bonds is 4. The molecule has 0 fully saturated rings. The predicted octanol–water partition coefficient (Wildman–Crippen LogP) is 4.32. The van der Waals surface area contributed by atoms with Gasteiger partial charge in [-0.25, -0.2) is 4.99 Å². The molecule has 7 heteroatoms. The minimum absolute atomic E-state index is 0.00415. The maximum atomic E-state index is 10.9. The Labute approximate surface area is 148 Å². The van der Waals surface area contributed by atoms with E-state index in [9.17, 15) is 10.1 Å². The van der Waals surface area contributed by atoms with Gasteiger partial charge in [0, 0.05) is 22.4 Å². The summed E-state index contributed by atoms with van der Waals surface area (Å²) < 4.78 is 11.0. The summed E-state index contributed by atoms with van der Waals surface area (Å²) in [6.07, 6.45) is 0. The lowest BCUT2D eigenvalue weighted by molar-refractivity contribution is -0.384. The van der Waals surface area contributed by atoms with Crippen molar-refractivity contribution in [3.05, 3.63) is 69.8 Å². The second kappa shape index (κ2) is 6.82.